The summed E-state index contributed by atoms with van der Waals surface area (Å²) in [5.74, 6) is 0.854. The molecule has 3 N–H and O–H groups in total. The lowest BCUT2D eigenvalue weighted by molar-refractivity contribution is 0.244. The van der Waals surface area contributed by atoms with Gasteiger partial charge in [0.25, 0.3) is 0 Å². The largest absolute Gasteiger partial charge is 0.352 e. The van der Waals surface area contributed by atoms with Crippen molar-refractivity contribution < 1.29 is 4.79 Å². The fraction of sp³-hybridized carbons (Fsp3) is 0.857. The molecule has 2 amide bonds. The van der Waals surface area contributed by atoms with Gasteiger partial charge in [0, 0.05) is 6.54 Å². The lowest BCUT2D eigenvalue weighted by atomic mass is 9.83. The van der Waals surface area contributed by atoms with Crippen molar-refractivity contribution in [2.75, 3.05) is 6.54 Å². The Balaban J connectivity index is 1.89. The van der Waals surface area contributed by atoms with Crippen LogP contribution in [0.3, 0.4) is 0 Å². The van der Waals surface area contributed by atoms with Crippen LogP contribution in [0, 0.1) is 5.92 Å². The molecule has 0 unspecified atom stereocenters. The van der Waals surface area contributed by atoms with Crippen molar-refractivity contribution >= 4 is 6.03 Å². The number of rotatable bonds is 3. The van der Waals surface area contributed by atoms with Crippen LogP contribution in [-0.4, -0.2) is 12.6 Å². The summed E-state index contributed by atoms with van der Waals surface area (Å²) in [6.45, 7) is 0.750. The van der Waals surface area contributed by atoms with E-state index in [1.54, 1.807) is 0 Å². The highest BCUT2D eigenvalue weighted by atomic mass is 16.2. The molecular weight excluding hydrogens is 128 g/mol. The highest BCUT2D eigenvalue weighted by Gasteiger charge is 2.16. The zero-order chi connectivity index (χ0) is 7.40. The Morgan fingerprint density at radius 3 is 2.70 bits per heavy atom. The molecule has 0 aromatic heterocycles. The molecule has 0 radical (unpaired) electrons. The average molecular weight is 142 g/mol. The summed E-state index contributed by atoms with van der Waals surface area (Å²) in [6.07, 6.45) is 5.13. The molecule has 0 aliphatic heterocycles. The summed E-state index contributed by atoms with van der Waals surface area (Å²) in [6, 6.07) is -0.403. The van der Waals surface area contributed by atoms with Gasteiger partial charge in [-0.2, -0.15) is 0 Å². The molecule has 1 aliphatic rings. The van der Waals surface area contributed by atoms with Gasteiger partial charge in [0.15, 0.2) is 0 Å². The molecule has 0 heterocycles. The third kappa shape index (κ3) is 2.25. The van der Waals surface area contributed by atoms with Crippen molar-refractivity contribution in [3.63, 3.8) is 0 Å². The minimum absolute atomic E-state index is 0.403. The molecule has 3 heteroatoms. The third-order valence-electron chi connectivity index (χ3n) is 2.08. The fourth-order valence-corrected chi connectivity index (χ4v) is 1.18. The second-order valence-electron chi connectivity index (χ2n) is 2.88. The van der Waals surface area contributed by atoms with Gasteiger partial charge in [-0.25, -0.2) is 4.79 Å². The maximum absolute atomic E-state index is 10.2. The van der Waals surface area contributed by atoms with Gasteiger partial charge in [-0.1, -0.05) is 19.3 Å². The Morgan fingerprint density at radius 2 is 2.30 bits per heavy atom. The zero-order valence-electron chi connectivity index (χ0n) is 6.10. The van der Waals surface area contributed by atoms with Crippen LogP contribution in [0.15, 0.2) is 0 Å². The number of nitrogens with two attached hydrogens (primary N) is 1. The molecule has 1 rings (SSSR count). The predicted molar refractivity (Wildman–Crippen MR) is 39.5 cm³/mol. The van der Waals surface area contributed by atoms with Crippen LogP contribution >= 0.6 is 0 Å². The Morgan fingerprint density at radius 1 is 1.60 bits per heavy atom. The Bertz CT molecular complexity index is 121. The van der Waals surface area contributed by atoms with Crippen LogP contribution in [0.2, 0.25) is 0 Å². The second kappa shape index (κ2) is 3.44. The molecular formula is C7H14N2O. The van der Waals surface area contributed by atoms with Gasteiger partial charge in [0.05, 0.1) is 0 Å². The SMILES string of the molecule is NC(=O)NCCC1CCC1. The number of primary amides is 1. The van der Waals surface area contributed by atoms with E-state index in [1.165, 1.54) is 19.3 Å². The van der Waals surface area contributed by atoms with Gasteiger partial charge in [0.1, 0.15) is 0 Å². The van der Waals surface area contributed by atoms with E-state index in [1.807, 2.05) is 0 Å². The normalized spacial score (nSPS) is 18.0. The summed E-state index contributed by atoms with van der Waals surface area (Å²) < 4.78 is 0. The van der Waals surface area contributed by atoms with Crippen molar-refractivity contribution in [3.05, 3.63) is 0 Å². The molecule has 0 saturated heterocycles. The molecule has 3 nitrogen and oxygen atoms in total. The summed E-state index contributed by atoms with van der Waals surface area (Å²) in [7, 11) is 0. The number of amides is 2. The number of hydrogen-bond acceptors (Lipinski definition) is 1. The van der Waals surface area contributed by atoms with Gasteiger partial charge < -0.3 is 11.1 Å². The maximum Gasteiger partial charge on any atom is 0.312 e. The van der Waals surface area contributed by atoms with Crippen LogP contribution in [0.25, 0.3) is 0 Å². The molecule has 0 aromatic carbocycles. The molecule has 1 fully saturated rings. The van der Waals surface area contributed by atoms with E-state index >= 15 is 0 Å². The van der Waals surface area contributed by atoms with Gasteiger partial charge >= 0.3 is 6.03 Å². The molecule has 0 aromatic rings. The van der Waals surface area contributed by atoms with Crippen LogP contribution in [-0.2, 0) is 0 Å². The first-order chi connectivity index (χ1) is 4.79. The number of urea groups is 1. The van der Waals surface area contributed by atoms with E-state index in [0.29, 0.717) is 0 Å². The third-order valence-corrected chi connectivity index (χ3v) is 2.08. The minimum atomic E-state index is -0.403. The zero-order valence-corrected chi connectivity index (χ0v) is 6.10. The van der Waals surface area contributed by atoms with E-state index in [4.69, 9.17) is 5.73 Å². The van der Waals surface area contributed by atoms with Gasteiger partial charge in [-0.3, -0.25) is 0 Å². The van der Waals surface area contributed by atoms with Gasteiger partial charge in [-0.15, -0.1) is 0 Å². The molecule has 58 valence electrons. The monoisotopic (exact) mass is 142 g/mol. The molecule has 0 bridgehead atoms. The van der Waals surface area contributed by atoms with Gasteiger partial charge in [-0.05, 0) is 12.3 Å². The van der Waals surface area contributed by atoms with Gasteiger partial charge in [0.2, 0.25) is 0 Å². The fourth-order valence-electron chi connectivity index (χ4n) is 1.18. The van der Waals surface area contributed by atoms with Crippen LogP contribution in [0.5, 0.6) is 0 Å². The van der Waals surface area contributed by atoms with Crippen molar-refractivity contribution in [2.45, 2.75) is 25.7 Å². The maximum atomic E-state index is 10.2. The Kier molecular flexibility index (Phi) is 2.54. The number of carbonyl (C=O) groups is 1. The smallest absolute Gasteiger partial charge is 0.312 e. The van der Waals surface area contributed by atoms with Crippen LogP contribution in [0.4, 0.5) is 4.79 Å². The van der Waals surface area contributed by atoms with E-state index in [0.717, 1.165) is 18.9 Å². The highest BCUT2D eigenvalue weighted by Crippen LogP contribution is 2.28. The number of nitrogens with one attached hydrogen (secondary N) is 1. The second-order valence-corrected chi connectivity index (χ2v) is 2.88. The molecule has 0 spiro atoms. The Labute approximate surface area is 61.0 Å². The van der Waals surface area contributed by atoms with E-state index < -0.39 is 6.03 Å². The summed E-state index contributed by atoms with van der Waals surface area (Å²) in [5.41, 5.74) is 4.89. The van der Waals surface area contributed by atoms with Crippen molar-refractivity contribution in [1.82, 2.24) is 5.32 Å². The first kappa shape index (κ1) is 7.38. The first-order valence-corrected chi connectivity index (χ1v) is 3.82. The molecule has 1 saturated carbocycles. The number of hydrogen-bond donors (Lipinski definition) is 2. The summed E-state index contributed by atoms with van der Waals surface area (Å²) in [5, 5.41) is 2.58. The predicted octanol–water partition coefficient (Wildman–Crippen LogP) is 0.845. The molecule has 1 aliphatic carbocycles. The first-order valence-electron chi connectivity index (χ1n) is 3.82. The van der Waals surface area contributed by atoms with E-state index in [2.05, 4.69) is 5.32 Å². The minimum Gasteiger partial charge on any atom is -0.352 e. The number of carbonyl (C=O) groups excluding carboxylic acids is 1. The van der Waals surface area contributed by atoms with Crippen LogP contribution < -0.4 is 11.1 Å². The summed E-state index contributed by atoms with van der Waals surface area (Å²) in [4.78, 5) is 10.2. The highest BCUT2D eigenvalue weighted by molar-refractivity contribution is 5.71. The summed E-state index contributed by atoms with van der Waals surface area (Å²) >= 11 is 0. The van der Waals surface area contributed by atoms with E-state index in [9.17, 15) is 4.79 Å². The average Bonchev–Trinajstić information content (AvgIpc) is 1.75. The quantitative estimate of drug-likeness (QED) is 0.603. The van der Waals surface area contributed by atoms with E-state index in [-0.39, 0.29) is 0 Å². The lowest BCUT2D eigenvalue weighted by Crippen LogP contribution is -2.31. The molecule has 10 heavy (non-hydrogen) atoms. The topological polar surface area (TPSA) is 55.1 Å². The van der Waals surface area contributed by atoms with Crippen LogP contribution in [0.1, 0.15) is 25.7 Å². The van der Waals surface area contributed by atoms with Crippen molar-refractivity contribution in [3.8, 4) is 0 Å². The molecule has 0 atom stereocenters. The standard InChI is InChI=1S/C7H14N2O/c8-7(10)9-5-4-6-2-1-3-6/h6H,1-5H2,(H3,8,9,10). The van der Waals surface area contributed by atoms with Crippen molar-refractivity contribution in [1.29, 1.82) is 0 Å². The van der Waals surface area contributed by atoms with Crippen molar-refractivity contribution in [2.24, 2.45) is 11.7 Å². The lowest BCUT2D eigenvalue weighted by Gasteiger charge is -2.24. The Hall–Kier alpha value is -0.730.